The monoisotopic (exact) mass is 293 g/mol. The van der Waals surface area contributed by atoms with Gasteiger partial charge in [0.15, 0.2) is 5.43 Å². The van der Waals surface area contributed by atoms with Gasteiger partial charge in [0.05, 0.1) is 24.2 Å². The van der Waals surface area contributed by atoms with Gasteiger partial charge in [-0.25, -0.2) is 0 Å². The van der Waals surface area contributed by atoms with E-state index in [1.54, 1.807) is 6.07 Å². The Morgan fingerprint density at radius 1 is 1.20 bits per heavy atom. The fourth-order valence-electron chi connectivity index (χ4n) is 2.60. The summed E-state index contributed by atoms with van der Waals surface area (Å²) < 4.78 is 0. The van der Waals surface area contributed by atoms with Crippen molar-refractivity contribution in [2.75, 3.05) is 13.1 Å². The van der Waals surface area contributed by atoms with Crippen LogP contribution < -0.4 is 10.3 Å². The minimum absolute atomic E-state index is 0.135. The second-order valence-corrected chi connectivity index (χ2v) is 5.69. The first kappa shape index (κ1) is 15.1. The van der Waals surface area contributed by atoms with Crippen molar-refractivity contribution in [2.24, 2.45) is 0 Å². The number of nitrogens with one attached hydrogen (secondary N) is 2. The van der Waals surface area contributed by atoms with Crippen LogP contribution in [0.15, 0.2) is 16.9 Å². The number of aryl methyl sites for hydroxylation is 2. The third-order valence-electron chi connectivity index (χ3n) is 4.11. The zero-order chi connectivity index (χ0) is 14.9. The Bertz CT molecular complexity index is 687. The van der Waals surface area contributed by atoms with Crippen molar-refractivity contribution in [3.8, 4) is 0 Å². The largest absolute Gasteiger partial charge is 0.358 e. The van der Waals surface area contributed by atoms with Gasteiger partial charge in [0.25, 0.3) is 0 Å². The number of benzene rings is 1. The van der Waals surface area contributed by atoms with Crippen LogP contribution >= 0.6 is 11.6 Å². The van der Waals surface area contributed by atoms with Crippen LogP contribution in [0.3, 0.4) is 0 Å². The third-order valence-corrected chi connectivity index (χ3v) is 4.52. The minimum atomic E-state index is 0.135. The summed E-state index contributed by atoms with van der Waals surface area (Å²) in [7, 11) is 0. The molecule has 2 rings (SSSR count). The van der Waals surface area contributed by atoms with Gasteiger partial charge in [0.1, 0.15) is 6.54 Å². The van der Waals surface area contributed by atoms with Crippen LogP contribution in [0, 0.1) is 13.8 Å². The van der Waals surface area contributed by atoms with E-state index in [4.69, 9.17) is 11.6 Å². The summed E-state index contributed by atoms with van der Waals surface area (Å²) in [4.78, 5) is 17.5. The molecule has 108 valence electrons. The second-order valence-electron chi connectivity index (χ2n) is 5.29. The van der Waals surface area contributed by atoms with Crippen LogP contribution in [0.5, 0.6) is 0 Å². The topological polar surface area (TPSA) is 37.3 Å². The predicted molar refractivity (Wildman–Crippen MR) is 84.8 cm³/mol. The van der Waals surface area contributed by atoms with Crippen molar-refractivity contribution in [2.45, 2.75) is 34.2 Å². The first-order valence-electron chi connectivity index (χ1n) is 7.13. The second kappa shape index (κ2) is 5.98. The molecule has 1 heterocycles. The maximum Gasteiger partial charge on any atom is 0.198 e. The van der Waals surface area contributed by atoms with Crippen LogP contribution in [0.2, 0.25) is 5.02 Å². The molecule has 2 aromatic rings. The first-order valence-corrected chi connectivity index (χ1v) is 7.51. The molecule has 0 bridgehead atoms. The van der Waals surface area contributed by atoms with E-state index in [0.29, 0.717) is 5.02 Å². The molecule has 20 heavy (non-hydrogen) atoms. The number of hydrogen-bond donors (Lipinski definition) is 2. The highest BCUT2D eigenvalue weighted by Gasteiger charge is 2.15. The van der Waals surface area contributed by atoms with Gasteiger partial charge in [-0.1, -0.05) is 11.6 Å². The molecule has 3 nitrogen and oxygen atoms in total. The molecule has 1 aromatic carbocycles. The Hall–Kier alpha value is -1.32. The lowest BCUT2D eigenvalue weighted by Gasteiger charge is -2.17. The summed E-state index contributed by atoms with van der Waals surface area (Å²) in [5, 5.41) is 1.42. The molecule has 0 radical (unpaired) electrons. The van der Waals surface area contributed by atoms with E-state index in [1.165, 1.54) is 4.90 Å². The maximum absolute atomic E-state index is 12.7. The lowest BCUT2D eigenvalue weighted by Crippen LogP contribution is -3.10. The lowest BCUT2D eigenvalue weighted by molar-refractivity contribution is -0.910. The summed E-state index contributed by atoms with van der Waals surface area (Å²) in [6.07, 6.45) is 0. The number of aromatic nitrogens is 1. The number of halogens is 1. The third kappa shape index (κ3) is 2.60. The molecule has 0 aliphatic rings. The minimum Gasteiger partial charge on any atom is -0.358 e. The van der Waals surface area contributed by atoms with Gasteiger partial charge in [-0.05, 0) is 45.4 Å². The molecule has 0 aliphatic heterocycles. The van der Waals surface area contributed by atoms with Gasteiger partial charge < -0.3 is 9.88 Å². The van der Waals surface area contributed by atoms with Crippen LogP contribution in [-0.2, 0) is 6.54 Å². The standard InChI is InChI=1S/C16H21ClN2O/c1-5-19(6-2)9-13-11(4)18-15-10(3)14(17)8-7-12(15)16(13)20/h7-8H,5-6,9H2,1-4H3,(H,18,20)/p+1. The van der Waals surface area contributed by atoms with E-state index < -0.39 is 0 Å². The highest BCUT2D eigenvalue weighted by molar-refractivity contribution is 6.32. The smallest absolute Gasteiger partial charge is 0.198 e. The number of pyridine rings is 1. The summed E-state index contributed by atoms with van der Waals surface area (Å²) in [6, 6.07) is 3.63. The number of aromatic amines is 1. The molecule has 0 spiro atoms. The summed E-state index contributed by atoms with van der Waals surface area (Å²) >= 11 is 6.14. The lowest BCUT2D eigenvalue weighted by atomic mass is 10.1. The Balaban J connectivity index is 2.64. The molecule has 0 saturated heterocycles. The van der Waals surface area contributed by atoms with E-state index in [1.807, 2.05) is 19.9 Å². The zero-order valence-corrected chi connectivity index (χ0v) is 13.3. The highest BCUT2D eigenvalue weighted by atomic mass is 35.5. The average molecular weight is 294 g/mol. The normalized spacial score (nSPS) is 11.5. The number of H-pyrrole nitrogens is 1. The van der Waals surface area contributed by atoms with Crippen molar-refractivity contribution >= 4 is 22.5 Å². The molecule has 0 amide bonds. The fourth-order valence-corrected chi connectivity index (χ4v) is 2.75. The highest BCUT2D eigenvalue weighted by Crippen LogP contribution is 2.22. The van der Waals surface area contributed by atoms with Crippen LogP contribution in [0.25, 0.3) is 10.9 Å². The molecule has 0 saturated carbocycles. The molecular weight excluding hydrogens is 272 g/mol. The van der Waals surface area contributed by atoms with Crippen molar-refractivity contribution < 1.29 is 4.90 Å². The average Bonchev–Trinajstić information content (AvgIpc) is 2.44. The van der Waals surface area contributed by atoms with Crippen molar-refractivity contribution in [3.63, 3.8) is 0 Å². The number of quaternary nitrogens is 1. The molecule has 0 atom stereocenters. The van der Waals surface area contributed by atoms with E-state index in [9.17, 15) is 4.79 Å². The van der Waals surface area contributed by atoms with E-state index in [0.717, 1.165) is 47.4 Å². The Labute approximate surface area is 124 Å². The molecular formula is C16H22ClN2O+. The first-order chi connectivity index (χ1) is 9.49. The summed E-state index contributed by atoms with van der Waals surface area (Å²) in [5.41, 5.74) is 3.77. The summed E-state index contributed by atoms with van der Waals surface area (Å²) in [5.74, 6) is 0. The van der Waals surface area contributed by atoms with Crippen molar-refractivity contribution in [1.29, 1.82) is 0 Å². The zero-order valence-electron chi connectivity index (χ0n) is 12.6. The molecule has 4 heteroatoms. The molecule has 0 unspecified atom stereocenters. The van der Waals surface area contributed by atoms with Crippen LogP contribution in [0.1, 0.15) is 30.7 Å². The van der Waals surface area contributed by atoms with Gasteiger partial charge in [-0.3, -0.25) is 4.79 Å². The van der Waals surface area contributed by atoms with Crippen LogP contribution in [0.4, 0.5) is 0 Å². The SMILES string of the molecule is CC[NH+](CC)Cc1c(C)[nH]c2c(C)c(Cl)ccc2c1=O. The van der Waals surface area contributed by atoms with E-state index in [-0.39, 0.29) is 5.43 Å². The Kier molecular flexibility index (Phi) is 4.51. The number of hydrogen-bond acceptors (Lipinski definition) is 1. The van der Waals surface area contributed by atoms with Gasteiger partial charge in [0.2, 0.25) is 0 Å². The molecule has 0 fully saturated rings. The Morgan fingerprint density at radius 3 is 2.45 bits per heavy atom. The number of rotatable bonds is 4. The van der Waals surface area contributed by atoms with Gasteiger partial charge >= 0.3 is 0 Å². The van der Waals surface area contributed by atoms with Crippen molar-refractivity contribution in [1.82, 2.24) is 4.98 Å². The van der Waals surface area contributed by atoms with Crippen molar-refractivity contribution in [3.05, 3.63) is 44.2 Å². The van der Waals surface area contributed by atoms with Gasteiger partial charge in [-0.2, -0.15) is 0 Å². The van der Waals surface area contributed by atoms with E-state index >= 15 is 0 Å². The molecule has 2 N–H and O–H groups in total. The quantitative estimate of drug-likeness (QED) is 0.891. The molecule has 0 aliphatic carbocycles. The predicted octanol–water partition coefficient (Wildman–Crippen LogP) is 2.22. The van der Waals surface area contributed by atoms with E-state index in [2.05, 4.69) is 18.8 Å². The summed E-state index contributed by atoms with van der Waals surface area (Å²) in [6.45, 7) is 11.0. The number of fused-ring (bicyclic) bond motifs is 1. The Morgan fingerprint density at radius 2 is 1.85 bits per heavy atom. The maximum atomic E-state index is 12.7. The fraction of sp³-hybridized carbons (Fsp3) is 0.438. The molecule has 1 aromatic heterocycles. The van der Waals surface area contributed by atoms with Crippen LogP contribution in [-0.4, -0.2) is 18.1 Å². The van der Waals surface area contributed by atoms with Gasteiger partial charge in [0, 0.05) is 16.1 Å². The van der Waals surface area contributed by atoms with Gasteiger partial charge in [-0.15, -0.1) is 0 Å².